The van der Waals surface area contributed by atoms with Gasteiger partial charge in [0, 0.05) is 12.2 Å². The van der Waals surface area contributed by atoms with Gasteiger partial charge in [-0.05, 0) is 43.0 Å². The summed E-state index contributed by atoms with van der Waals surface area (Å²) in [6, 6.07) is 6.31. The molecule has 0 spiro atoms. The highest BCUT2D eigenvalue weighted by Crippen LogP contribution is 2.31. The monoisotopic (exact) mass is 204 g/mol. The van der Waals surface area contributed by atoms with Crippen LogP contribution in [0.1, 0.15) is 30.4 Å². The third kappa shape index (κ3) is 3.24. The minimum absolute atomic E-state index is 0.900. The van der Waals surface area contributed by atoms with Gasteiger partial charge in [0.2, 0.25) is 0 Å². The number of hydrogen-bond donors (Lipinski definition) is 2. The normalized spacial score (nSPS) is 15.5. The summed E-state index contributed by atoms with van der Waals surface area (Å²) in [6.45, 7) is 4.12. The molecule has 1 aromatic carbocycles. The van der Waals surface area contributed by atoms with Crippen molar-refractivity contribution in [3.05, 3.63) is 29.3 Å². The smallest absolute Gasteiger partial charge is 0.0346 e. The van der Waals surface area contributed by atoms with Gasteiger partial charge in [0.05, 0.1) is 0 Å². The number of aryl methyl sites for hydroxylation is 1. The van der Waals surface area contributed by atoms with Crippen LogP contribution in [0.2, 0.25) is 0 Å². The van der Waals surface area contributed by atoms with Gasteiger partial charge in [0.15, 0.2) is 0 Å². The molecular formula is C13H20N2. The molecule has 1 aliphatic carbocycles. The second-order valence-corrected chi connectivity index (χ2v) is 4.60. The van der Waals surface area contributed by atoms with Crippen LogP contribution < -0.4 is 11.1 Å². The zero-order valence-electron chi connectivity index (χ0n) is 9.42. The van der Waals surface area contributed by atoms with E-state index in [2.05, 4.69) is 23.5 Å². The molecule has 3 N–H and O–H groups in total. The Bertz CT molecular complexity index is 329. The van der Waals surface area contributed by atoms with Crippen molar-refractivity contribution >= 4 is 5.69 Å². The van der Waals surface area contributed by atoms with Gasteiger partial charge in [0.25, 0.3) is 0 Å². The fourth-order valence-corrected chi connectivity index (χ4v) is 1.75. The standard InChI is InChI=1S/C13H20N2/c1-10-2-3-12(8-13(10)14)9-15-7-6-11-4-5-11/h2-3,8,11,15H,4-7,9,14H2,1H3. The van der Waals surface area contributed by atoms with Gasteiger partial charge >= 0.3 is 0 Å². The third-order valence-corrected chi connectivity index (χ3v) is 3.10. The fraction of sp³-hybridized carbons (Fsp3) is 0.538. The van der Waals surface area contributed by atoms with Crippen LogP contribution in [-0.4, -0.2) is 6.54 Å². The summed E-state index contributed by atoms with van der Waals surface area (Å²) < 4.78 is 0. The van der Waals surface area contributed by atoms with Crippen LogP contribution in [0.25, 0.3) is 0 Å². The maximum Gasteiger partial charge on any atom is 0.0346 e. The molecule has 82 valence electrons. The molecule has 0 heterocycles. The summed E-state index contributed by atoms with van der Waals surface area (Å²) in [6.07, 6.45) is 4.22. The third-order valence-electron chi connectivity index (χ3n) is 3.10. The van der Waals surface area contributed by atoms with Crippen LogP contribution in [0.3, 0.4) is 0 Å². The van der Waals surface area contributed by atoms with E-state index >= 15 is 0 Å². The molecule has 0 atom stereocenters. The van der Waals surface area contributed by atoms with Crippen molar-refractivity contribution in [1.29, 1.82) is 0 Å². The van der Waals surface area contributed by atoms with E-state index < -0.39 is 0 Å². The van der Waals surface area contributed by atoms with Crippen LogP contribution in [-0.2, 0) is 6.54 Å². The lowest BCUT2D eigenvalue weighted by atomic mass is 10.1. The molecular weight excluding hydrogens is 184 g/mol. The van der Waals surface area contributed by atoms with Crippen molar-refractivity contribution in [2.24, 2.45) is 5.92 Å². The van der Waals surface area contributed by atoms with Gasteiger partial charge < -0.3 is 11.1 Å². The lowest BCUT2D eigenvalue weighted by Crippen LogP contribution is -2.15. The molecule has 0 aromatic heterocycles. The number of hydrogen-bond acceptors (Lipinski definition) is 2. The second kappa shape index (κ2) is 4.67. The van der Waals surface area contributed by atoms with Gasteiger partial charge in [0.1, 0.15) is 0 Å². The molecule has 1 aliphatic rings. The van der Waals surface area contributed by atoms with E-state index in [0.717, 1.165) is 30.3 Å². The highest BCUT2D eigenvalue weighted by Gasteiger charge is 2.19. The summed E-state index contributed by atoms with van der Waals surface area (Å²) in [4.78, 5) is 0. The number of anilines is 1. The van der Waals surface area contributed by atoms with E-state index in [1.807, 2.05) is 6.92 Å². The number of nitrogen functional groups attached to an aromatic ring is 1. The van der Waals surface area contributed by atoms with Crippen LogP contribution in [0.4, 0.5) is 5.69 Å². The molecule has 0 saturated heterocycles. The minimum atomic E-state index is 0.900. The average molecular weight is 204 g/mol. The quantitative estimate of drug-likeness (QED) is 0.571. The maximum atomic E-state index is 5.86. The molecule has 0 unspecified atom stereocenters. The highest BCUT2D eigenvalue weighted by molar-refractivity contribution is 5.48. The topological polar surface area (TPSA) is 38.0 Å². The van der Waals surface area contributed by atoms with E-state index in [9.17, 15) is 0 Å². The summed E-state index contributed by atoms with van der Waals surface area (Å²) in [5, 5.41) is 3.46. The first-order chi connectivity index (χ1) is 7.25. The van der Waals surface area contributed by atoms with E-state index in [4.69, 9.17) is 5.73 Å². The Morgan fingerprint density at radius 1 is 1.40 bits per heavy atom. The molecule has 15 heavy (non-hydrogen) atoms. The zero-order chi connectivity index (χ0) is 10.7. The first-order valence-corrected chi connectivity index (χ1v) is 5.81. The molecule has 0 radical (unpaired) electrons. The predicted octanol–water partition coefficient (Wildman–Crippen LogP) is 2.47. The van der Waals surface area contributed by atoms with Gasteiger partial charge in [-0.1, -0.05) is 25.0 Å². The Hall–Kier alpha value is -1.02. The van der Waals surface area contributed by atoms with Crippen molar-refractivity contribution in [3.8, 4) is 0 Å². The molecule has 2 heteroatoms. The van der Waals surface area contributed by atoms with Crippen LogP contribution >= 0.6 is 0 Å². The number of nitrogens with two attached hydrogens (primary N) is 1. The lowest BCUT2D eigenvalue weighted by molar-refractivity contribution is 0.613. The molecule has 0 amide bonds. The number of nitrogens with one attached hydrogen (secondary N) is 1. The SMILES string of the molecule is Cc1ccc(CNCCC2CC2)cc1N. The van der Waals surface area contributed by atoms with E-state index in [1.54, 1.807) is 0 Å². The Kier molecular flexibility index (Phi) is 3.27. The van der Waals surface area contributed by atoms with Crippen LogP contribution in [0, 0.1) is 12.8 Å². The van der Waals surface area contributed by atoms with Crippen molar-refractivity contribution in [3.63, 3.8) is 0 Å². The fourth-order valence-electron chi connectivity index (χ4n) is 1.75. The van der Waals surface area contributed by atoms with Crippen molar-refractivity contribution in [2.75, 3.05) is 12.3 Å². The largest absolute Gasteiger partial charge is 0.399 e. The molecule has 0 bridgehead atoms. The highest BCUT2D eigenvalue weighted by atomic mass is 14.8. The maximum absolute atomic E-state index is 5.86. The van der Waals surface area contributed by atoms with Crippen molar-refractivity contribution < 1.29 is 0 Å². The molecule has 1 saturated carbocycles. The predicted molar refractivity (Wildman–Crippen MR) is 64.6 cm³/mol. The van der Waals surface area contributed by atoms with Crippen LogP contribution in [0.5, 0.6) is 0 Å². The van der Waals surface area contributed by atoms with Crippen molar-refractivity contribution in [2.45, 2.75) is 32.7 Å². The van der Waals surface area contributed by atoms with Gasteiger partial charge in [-0.15, -0.1) is 0 Å². The van der Waals surface area contributed by atoms with E-state index in [1.165, 1.54) is 24.8 Å². The lowest BCUT2D eigenvalue weighted by Gasteiger charge is -2.06. The van der Waals surface area contributed by atoms with Crippen molar-refractivity contribution in [1.82, 2.24) is 5.32 Å². The Morgan fingerprint density at radius 2 is 2.20 bits per heavy atom. The van der Waals surface area contributed by atoms with Crippen LogP contribution in [0.15, 0.2) is 18.2 Å². The summed E-state index contributed by atoms with van der Waals surface area (Å²) in [5.74, 6) is 1.01. The van der Waals surface area contributed by atoms with Gasteiger partial charge in [-0.2, -0.15) is 0 Å². The molecule has 2 nitrogen and oxygen atoms in total. The Morgan fingerprint density at radius 3 is 2.87 bits per heavy atom. The Labute approximate surface area is 91.9 Å². The molecule has 1 fully saturated rings. The molecule has 2 rings (SSSR count). The van der Waals surface area contributed by atoms with E-state index in [0.29, 0.717) is 0 Å². The summed E-state index contributed by atoms with van der Waals surface area (Å²) in [5.41, 5.74) is 9.20. The number of benzene rings is 1. The average Bonchev–Trinajstić information content (AvgIpc) is 3.02. The zero-order valence-corrected chi connectivity index (χ0v) is 9.42. The van der Waals surface area contributed by atoms with Gasteiger partial charge in [-0.3, -0.25) is 0 Å². The summed E-state index contributed by atoms with van der Waals surface area (Å²) in [7, 11) is 0. The first kappa shape index (κ1) is 10.5. The van der Waals surface area contributed by atoms with E-state index in [-0.39, 0.29) is 0 Å². The summed E-state index contributed by atoms with van der Waals surface area (Å²) >= 11 is 0. The molecule has 1 aromatic rings. The minimum Gasteiger partial charge on any atom is -0.399 e. The molecule has 0 aliphatic heterocycles. The second-order valence-electron chi connectivity index (χ2n) is 4.60. The Balaban J connectivity index is 1.74. The number of rotatable bonds is 5. The first-order valence-electron chi connectivity index (χ1n) is 5.81. The van der Waals surface area contributed by atoms with Gasteiger partial charge in [-0.25, -0.2) is 0 Å².